The predicted molar refractivity (Wildman–Crippen MR) is 99.7 cm³/mol. The minimum absolute atomic E-state index is 0.000262. The summed E-state index contributed by atoms with van der Waals surface area (Å²) in [5, 5.41) is 9.94. The lowest BCUT2D eigenvalue weighted by molar-refractivity contribution is -0.110. The van der Waals surface area contributed by atoms with Crippen molar-refractivity contribution in [1.29, 1.82) is 0 Å². The number of ketones is 1. The maximum atomic E-state index is 13.5. The number of aliphatic hydroxyl groups excluding tert-OH is 1. The number of aliphatic hydroxyl groups is 1. The summed E-state index contributed by atoms with van der Waals surface area (Å²) in [6.07, 6.45) is 4.98. The molecule has 140 valence electrons. The number of allylic oxidation sites excluding steroid dienone is 3. The van der Waals surface area contributed by atoms with Gasteiger partial charge >= 0.3 is 0 Å². The average Bonchev–Trinajstić information content (AvgIpc) is 2.66. The number of benzene rings is 2. The first kappa shape index (κ1) is 12.9. The molecule has 0 heterocycles. The quantitative estimate of drug-likeness (QED) is 0.430. The molecule has 0 aromatic heterocycles. The maximum absolute atomic E-state index is 13.5. The first-order valence-corrected chi connectivity index (χ1v) is 7.50. The molecule has 0 amide bonds. The van der Waals surface area contributed by atoms with Gasteiger partial charge in [0.15, 0.2) is 5.78 Å². The summed E-state index contributed by atoms with van der Waals surface area (Å²) in [5.74, 6) is -3.03. The molecule has 0 saturated heterocycles. The van der Waals surface area contributed by atoms with Crippen molar-refractivity contribution in [3.05, 3.63) is 83.1 Å². The Morgan fingerprint density at radius 1 is 0.963 bits per heavy atom. The van der Waals surface area contributed by atoms with Crippen LogP contribution in [-0.2, 0) is 4.79 Å². The molecule has 0 aliphatic rings. The fraction of sp³-hybridized carbons (Fsp3) is 0.0952. The lowest BCUT2D eigenvalue weighted by Gasteiger charge is -2.04. The van der Waals surface area contributed by atoms with E-state index in [0.717, 1.165) is 66.8 Å². The maximum Gasteiger partial charge on any atom is 0.182 e. The molecule has 0 aliphatic carbocycles. The van der Waals surface area contributed by atoms with Crippen molar-refractivity contribution in [3.8, 4) is 11.5 Å². The molecule has 2 rings (SSSR count). The van der Waals surface area contributed by atoms with Crippen LogP contribution in [0.4, 0.5) is 8.78 Å². The largest absolute Gasteiger partial charge is 0.508 e. The van der Waals surface area contributed by atoms with Crippen LogP contribution in [0.3, 0.4) is 0 Å². The molecule has 0 aliphatic heterocycles. The molecule has 0 radical (unpaired) electrons. The monoisotopic (exact) mass is 378 g/mol. The van der Waals surface area contributed by atoms with Crippen LogP contribution in [0.1, 0.15) is 19.4 Å². The SMILES string of the molecule is [2H]C([2H])([2H])Oc1ccc(F)cc1/C=C/C(=O)/C=C(O)/C=C/c1cc(F)ccc1OC([2H])([2H])[2H]. The molecule has 0 atom stereocenters. The Morgan fingerprint density at radius 3 is 2.00 bits per heavy atom. The Kier molecular flexibility index (Phi) is 4.45. The minimum Gasteiger partial charge on any atom is -0.508 e. The molecule has 0 bridgehead atoms. The highest BCUT2D eigenvalue weighted by Gasteiger charge is 2.03. The van der Waals surface area contributed by atoms with Crippen LogP contribution in [0.15, 0.2) is 60.4 Å². The smallest absolute Gasteiger partial charge is 0.182 e. The second-order valence-electron chi connectivity index (χ2n) is 5.21. The van der Waals surface area contributed by atoms with E-state index in [1.54, 1.807) is 0 Å². The topological polar surface area (TPSA) is 55.8 Å². The van der Waals surface area contributed by atoms with Gasteiger partial charge in [0, 0.05) is 17.2 Å². The van der Waals surface area contributed by atoms with Gasteiger partial charge in [0.2, 0.25) is 0 Å². The molecule has 6 heteroatoms. The summed E-state index contributed by atoms with van der Waals surface area (Å²) in [7, 11) is -5.56. The number of hydrogen-bond acceptors (Lipinski definition) is 4. The molecule has 2 aromatic carbocycles. The zero-order valence-electron chi connectivity index (χ0n) is 19.8. The second kappa shape index (κ2) is 9.33. The van der Waals surface area contributed by atoms with Gasteiger partial charge < -0.3 is 14.6 Å². The average molecular weight is 378 g/mol. The summed E-state index contributed by atoms with van der Waals surface area (Å²) >= 11 is 0. The van der Waals surface area contributed by atoms with Gasteiger partial charge in [-0.1, -0.05) is 0 Å². The molecule has 0 saturated carbocycles. The number of carbonyl (C=O) groups excluding carboxylic acids is 1. The molecule has 2 aromatic rings. The molecule has 27 heavy (non-hydrogen) atoms. The van der Waals surface area contributed by atoms with Crippen LogP contribution in [0.5, 0.6) is 11.5 Å². The van der Waals surface area contributed by atoms with Crippen LogP contribution in [0.2, 0.25) is 0 Å². The van der Waals surface area contributed by atoms with Gasteiger partial charge in [-0.05, 0) is 60.7 Å². The van der Waals surface area contributed by atoms with E-state index < -0.39 is 37.3 Å². The van der Waals surface area contributed by atoms with E-state index in [4.69, 9.17) is 17.7 Å². The van der Waals surface area contributed by atoms with Crippen LogP contribution in [0.25, 0.3) is 12.2 Å². The van der Waals surface area contributed by atoms with E-state index >= 15 is 0 Å². The van der Waals surface area contributed by atoms with E-state index in [1.165, 1.54) is 0 Å². The Morgan fingerprint density at radius 2 is 1.48 bits per heavy atom. The van der Waals surface area contributed by atoms with Crippen LogP contribution < -0.4 is 9.47 Å². The Bertz CT molecular complexity index is 1100. The van der Waals surface area contributed by atoms with Crippen molar-refractivity contribution in [3.63, 3.8) is 0 Å². The van der Waals surface area contributed by atoms with E-state index in [0.29, 0.717) is 0 Å². The normalized spacial score (nSPS) is 16.1. The van der Waals surface area contributed by atoms with Crippen molar-refractivity contribution < 1.29 is 36.4 Å². The van der Waals surface area contributed by atoms with E-state index in [1.807, 2.05) is 0 Å². The van der Waals surface area contributed by atoms with E-state index in [2.05, 4.69) is 0 Å². The standard InChI is InChI=1S/C21H18F2O4/c1-26-20-9-5-16(22)11-14(20)3-7-18(24)13-19(25)8-4-15-12-17(23)6-10-21(15)27-2/h3-13,24H,1-2H3/b7-3+,8-4+,18-13-/i1D3,2D3. The molecule has 1 N–H and O–H groups in total. The summed E-state index contributed by atoms with van der Waals surface area (Å²) in [5.41, 5.74) is -0.0191. The number of halogens is 2. The summed E-state index contributed by atoms with van der Waals surface area (Å²) < 4.78 is 79.3. The molecule has 4 nitrogen and oxygen atoms in total. The van der Waals surface area contributed by atoms with Crippen molar-refractivity contribution in [2.24, 2.45) is 0 Å². The fourth-order valence-corrected chi connectivity index (χ4v) is 2.07. The van der Waals surface area contributed by atoms with Crippen LogP contribution >= 0.6 is 0 Å². The van der Waals surface area contributed by atoms with Crippen molar-refractivity contribution in [1.82, 2.24) is 0 Å². The van der Waals surface area contributed by atoms with Crippen LogP contribution in [0, 0.1) is 11.6 Å². The lowest BCUT2D eigenvalue weighted by Crippen LogP contribution is -1.91. The number of hydrogen-bond donors (Lipinski definition) is 1. The molecule has 0 unspecified atom stereocenters. The highest BCUT2D eigenvalue weighted by atomic mass is 19.1. The summed E-state index contributed by atoms with van der Waals surface area (Å²) in [4.78, 5) is 12.1. The molecule has 0 spiro atoms. The first-order chi connectivity index (χ1) is 15.2. The number of ether oxygens (including phenoxy) is 2. The minimum atomic E-state index is -2.79. The second-order valence-corrected chi connectivity index (χ2v) is 5.21. The predicted octanol–water partition coefficient (Wildman–Crippen LogP) is 4.72. The van der Waals surface area contributed by atoms with Gasteiger partial charge in [0.1, 0.15) is 28.9 Å². The Labute approximate surface area is 164 Å². The van der Waals surface area contributed by atoms with Crippen LogP contribution in [-0.4, -0.2) is 25.0 Å². The zero-order valence-corrected chi connectivity index (χ0v) is 13.8. The molecule has 0 fully saturated rings. The van der Waals surface area contributed by atoms with Gasteiger partial charge in [0.05, 0.1) is 22.3 Å². The highest BCUT2D eigenvalue weighted by molar-refractivity contribution is 6.02. The third kappa shape index (κ3) is 5.81. The molecular weight excluding hydrogens is 354 g/mol. The van der Waals surface area contributed by atoms with Crippen molar-refractivity contribution >= 4 is 17.9 Å². The summed E-state index contributed by atoms with van der Waals surface area (Å²) in [6.45, 7) is 0. The molecular formula is C21H18F2O4. The third-order valence-corrected chi connectivity index (χ3v) is 3.31. The van der Waals surface area contributed by atoms with E-state index in [9.17, 15) is 18.7 Å². The fourth-order valence-electron chi connectivity index (χ4n) is 2.07. The van der Waals surface area contributed by atoms with Gasteiger partial charge in [-0.25, -0.2) is 8.78 Å². The Hall–Kier alpha value is -3.41. The Balaban J connectivity index is 2.19. The summed E-state index contributed by atoms with van der Waals surface area (Å²) in [6, 6.07) is 6.13. The van der Waals surface area contributed by atoms with Gasteiger partial charge in [-0.2, -0.15) is 0 Å². The number of rotatable bonds is 7. The van der Waals surface area contributed by atoms with E-state index in [-0.39, 0.29) is 22.6 Å². The van der Waals surface area contributed by atoms with Gasteiger partial charge in [-0.15, -0.1) is 0 Å². The first-order valence-electron chi connectivity index (χ1n) is 10.5. The van der Waals surface area contributed by atoms with Gasteiger partial charge in [-0.3, -0.25) is 4.79 Å². The van der Waals surface area contributed by atoms with Gasteiger partial charge in [0.25, 0.3) is 0 Å². The van der Waals surface area contributed by atoms with Crippen molar-refractivity contribution in [2.45, 2.75) is 0 Å². The van der Waals surface area contributed by atoms with Crippen molar-refractivity contribution in [2.75, 3.05) is 14.1 Å². The number of carbonyl (C=O) groups is 1. The lowest BCUT2D eigenvalue weighted by atomic mass is 10.1. The number of methoxy groups -OCH3 is 2. The third-order valence-electron chi connectivity index (χ3n) is 3.31. The highest BCUT2D eigenvalue weighted by Crippen LogP contribution is 2.22. The zero-order chi connectivity index (χ0) is 24.8.